The summed E-state index contributed by atoms with van der Waals surface area (Å²) >= 11 is 0. The van der Waals surface area contributed by atoms with Gasteiger partial charge in [-0.1, -0.05) is 36.4 Å². The topological polar surface area (TPSA) is 108 Å². The Labute approximate surface area is 188 Å². The van der Waals surface area contributed by atoms with Gasteiger partial charge in [0.05, 0.1) is 17.4 Å². The van der Waals surface area contributed by atoms with Gasteiger partial charge in [0, 0.05) is 18.8 Å². The Balaban J connectivity index is 1.70. The van der Waals surface area contributed by atoms with Crippen molar-refractivity contribution < 1.29 is 22.7 Å². The van der Waals surface area contributed by atoms with E-state index in [0.29, 0.717) is 24.9 Å². The minimum absolute atomic E-state index is 0.113. The molecule has 8 nitrogen and oxygen atoms in total. The molecule has 1 atom stereocenters. The van der Waals surface area contributed by atoms with Crippen LogP contribution in [-0.4, -0.2) is 50.3 Å². The number of anilines is 1. The van der Waals surface area contributed by atoms with Crippen LogP contribution < -0.4 is 4.90 Å². The fraction of sp³-hybridized carbons (Fsp3) is 0.348. The van der Waals surface area contributed by atoms with E-state index >= 15 is 0 Å². The van der Waals surface area contributed by atoms with Crippen LogP contribution in [0.4, 0.5) is 5.69 Å². The zero-order valence-electron chi connectivity index (χ0n) is 17.6. The average Bonchev–Trinajstić information content (AvgIpc) is 2.84. The molecule has 1 heterocycles. The van der Waals surface area contributed by atoms with Crippen LogP contribution in [0.3, 0.4) is 0 Å². The van der Waals surface area contributed by atoms with E-state index in [0.717, 1.165) is 0 Å². The van der Waals surface area contributed by atoms with E-state index in [1.165, 1.54) is 21.3 Å². The third kappa shape index (κ3) is 5.52. The Bertz CT molecular complexity index is 1070. The molecular weight excluding hydrogens is 430 g/mol. The molecule has 2 aromatic carbocycles. The molecule has 1 saturated heterocycles. The molecule has 168 valence electrons. The lowest BCUT2D eigenvalue weighted by Gasteiger charge is -2.33. The molecule has 1 unspecified atom stereocenters. The summed E-state index contributed by atoms with van der Waals surface area (Å²) < 4.78 is 32.6. The van der Waals surface area contributed by atoms with Crippen molar-refractivity contribution in [1.29, 1.82) is 5.26 Å². The second-order valence-corrected chi connectivity index (χ2v) is 9.23. The molecule has 0 radical (unpaired) electrons. The normalized spacial score (nSPS) is 16.7. The summed E-state index contributed by atoms with van der Waals surface area (Å²) in [4.78, 5) is 27.1. The van der Waals surface area contributed by atoms with Crippen molar-refractivity contribution in [1.82, 2.24) is 4.31 Å². The molecule has 1 fully saturated rings. The monoisotopic (exact) mass is 455 g/mol. The summed E-state index contributed by atoms with van der Waals surface area (Å²) in [5, 5.41) is 8.90. The number of ether oxygens (including phenoxy) is 1. The maximum atomic E-state index is 13.1. The van der Waals surface area contributed by atoms with Crippen molar-refractivity contribution in [3.8, 4) is 6.07 Å². The van der Waals surface area contributed by atoms with E-state index in [-0.39, 0.29) is 24.4 Å². The minimum atomic E-state index is -3.86. The van der Waals surface area contributed by atoms with Gasteiger partial charge in [0.2, 0.25) is 10.0 Å². The molecule has 9 heteroatoms. The van der Waals surface area contributed by atoms with E-state index in [9.17, 15) is 18.0 Å². The number of nitriles is 1. The van der Waals surface area contributed by atoms with E-state index in [1.807, 2.05) is 6.07 Å². The summed E-state index contributed by atoms with van der Waals surface area (Å²) in [5.74, 6) is -1.22. The van der Waals surface area contributed by atoms with Crippen LogP contribution >= 0.6 is 0 Å². The quantitative estimate of drug-likeness (QED) is 0.567. The Morgan fingerprint density at radius 1 is 1.06 bits per heavy atom. The minimum Gasteiger partial charge on any atom is -0.454 e. The smallest absolute Gasteiger partial charge is 0.324 e. The zero-order chi connectivity index (χ0) is 23.0. The highest BCUT2D eigenvalue weighted by Crippen LogP contribution is 2.26. The van der Waals surface area contributed by atoms with Crippen molar-refractivity contribution in [3.63, 3.8) is 0 Å². The van der Waals surface area contributed by atoms with E-state index < -0.39 is 34.5 Å². The summed E-state index contributed by atoms with van der Waals surface area (Å²) in [6.07, 6.45) is 1.79. The van der Waals surface area contributed by atoms with Gasteiger partial charge in [-0.25, -0.2) is 8.42 Å². The van der Waals surface area contributed by atoms with Crippen molar-refractivity contribution >= 4 is 27.6 Å². The molecule has 0 bridgehead atoms. The Kier molecular flexibility index (Phi) is 7.98. The van der Waals surface area contributed by atoms with E-state index in [1.54, 1.807) is 48.5 Å². The van der Waals surface area contributed by atoms with E-state index in [4.69, 9.17) is 10.00 Å². The number of benzene rings is 2. The summed E-state index contributed by atoms with van der Waals surface area (Å²) in [5.41, 5.74) is 0.592. The predicted molar refractivity (Wildman–Crippen MR) is 118 cm³/mol. The standard InChI is InChI=1S/C23H25N3O5S/c24-15-9-16-25(19-10-3-1-4-11-19)22(27)18-31-23(28)21-14-7-8-17-26(21)32(29,30)20-12-5-2-6-13-20/h1-6,10-13,21H,7-9,14,16-18H2. The first-order chi connectivity index (χ1) is 15.4. The number of carbonyl (C=O) groups is 2. The van der Waals surface area contributed by atoms with E-state index in [2.05, 4.69) is 0 Å². The molecule has 3 rings (SSSR count). The van der Waals surface area contributed by atoms with Crippen LogP contribution in [0.25, 0.3) is 0 Å². The number of rotatable bonds is 8. The number of para-hydroxylation sites is 1. The lowest BCUT2D eigenvalue weighted by atomic mass is 10.1. The van der Waals surface area contributed by atoms with Crippen molar-refractivity contribution in [2.45, 2.75) is 36.6 Å². The summed E-state index contributed by atoms with van der Waals surface area (Å²) in [6, 6.07) is 17.8. The highest BCUT2D eigenvalue weighted by Gasteiger charge is 2.38. The number of nitrogens with zero attached hydrogens (tertiary/aromatic N) is 3. The van der Waals surface area contributed by atoms with Gasteiger partial charge >= 0.3 is 5.97 Å². The van der Waals surface area contributed by atoms with Gasteiger partial charge in [0.15, 0.2) is 6.61 Å². The second kappa shape index (κ2) is 10.9. The average molecular weight is 456 g/mol. The molecule has 32 heavy (non-hydrogen) atoms. The highest BCUT2D eigenvalue weighted by atomic mass is 32.2. The fourth-order valence-electron chi connectivity index (χ4n) is 3.63. The lowest BCUT2D eigenvalue weighted by molar-refractivity contribution is -0.152. The highest BCUT2D eigenvalue weighted by molar-refractivity contribution is 7.89. The molecule has 1 amide bonds. The molecule has 0 aliphatic carbocycles. The van der Waals surface area contributed by atoms with Gasteiger partial charge in [-0.05, 0) is 43.5 Å². The fourth-order valence-corrected chi connectivity index (χ4v) is 5.30. The first-order valence-electron chi connectivity index (χ1n) is 10.4. The maximum absolute atomic E-state index is 13.1. The van der Waals surface area contributed by atoms with Gasteiger partial charge in [-0.3, -0.25) is 9.59 Å². The molecule has 1 aliphatic heterocycles. The van der Waals surface area contributed by atoms with Crippen LogP contribution in [0.1, 0.15) is 25.7 Å². The Hall–Kier alpha value is -3.22. The lowest BCUT2D eigenvalue weighted by Crippen LogP contribution is -2.49. The second-order valence-electron chi connectivity index (χ2n) is 7.34. The largest absolute Gasteiger partial charge is 0.454 e. The molecule has 2 aromatic rings. The molecule has 0 saturated carbocycles. The number of carbonyl (C=O) groups excluding carboxylic acids is 2. The molecule has 1 aliphatic rings. The number of hydrogen-bond donors (Lipinski definition) is 0. The third-order valence-corrected chi connectivity index (χ3v) is 7.15. The van der Waals surface area contributed by atoms with Gasteiger partial charge in [0.25, 0.3) is 5.91 Å². The Morgan fingerprint density at radius 3 is 2.38 bits per heavy atom. The summed E-state index contributed by atoms with van der Waals surface area (Å²) in [7, 11) is -3.86. The maximum Gasteiger partial charge on any atom is 0.324 e. The number of piperidine rings is 1. The predicted octanol–water partition coefficient (Wildman–Crippen LogP) is 2.72. The molecule has 0 aromatic heterocycles. The van der Waals surface area contributed by atoms with Gasteiger partial charge in [-0.2, -0.15) is 9.57 Å². The molecule has 0 N–H and O–H groups in total. The van der Waals surface area contributed by atoms with Gasteiger partial charge in [0.1, 0.15) is 6.04 Å². The van der Waals surface area contributed by atoms with Crippen molar-refractivity contribution in [2.75, 3.05) is 24.6 Å². The molecular formula is C23H25N3O5S. The van der Waals surface area contributed by atoms with Crippen molar-refractivity contribution in [2.24, 2.45) is 0 Å². The first-order valence-corrected chi connectivity index (χ1v) is 11.8. The van der Waals surface area contributed by atoms with Crippen LogP contribution in [0.5, 0.6) is 0 Å². The number of amides is 1. The SMILES string of the molecule is N#CCCN(C(=O)COC(=O)C1CCCCN1S(=O)(=O)c1ccccc1)c1ccccc1. The van der Waals surface area contributed by atoms with Crippen LogP contribution in [-0.2, 0) is 24.3 Å². The number of esters is 1. The van der Waals surface area contributed by atoms with Gasteiger partial charge < -0.3 is 9.64 Å². The van der Waals surface area contributed by atoms with Crippen LogP contribution in [0.15, 0.2) is 65.6 Å². The van der Waals surface area contributed by atoms with Gasteiger partial charge in [-0.15, -0.1) is 0 Å². The summed E-state index contributed by atoms with van der Waals surface area (Å²) in [6.45, 7) is -0.160. The van der Waals surface area contributed by atoms with Crippen LogP contribution in [0, 0.1) is 11.3 Å². The van der Waals surface area contributed by atoms with Crippen molar-refractivity contribution in [3.05, 3.63) is 60.7 Å². The van der Waals surface area contributed by atoms with Crippen LogP contribution in [0.2, 0.25) is 0 Å². The number of hydrogen-bond acceptors (Lipinski definition) is 6. The third-order valence-electron chi connectivity index (χ3n) is 5.23. The number of sulfonamides is 1. The molecule has 0 spiro atoms. The first kappa shape index (κ1) is 23.4. The zero-order valence-corrected chi connectivity index (χ0v) is 18.4. The Morgan fingerprint density at radius 2 is 1.72 bits per heavy atom.